The largest absolute Gasteiger partial charge is 0.378 e. The van der Waals surface area contributed by atoms with Gasteiger partial charge in [0.05, 0.1) is 19.6 Å². The maximum atomic E-state index is 12.2. The SMILES string of the molecule is Cl.O=C(CCC1CCNC1)Nc1ccc(CC(=O)N2CCOCC2)cc1. The fourth-order valence-corrected chi connectivity index (χ4v) is 3.32. The van der Waals surface area contributed by atoms with Gasteiger partial charge in [0.1, 0.15) is 0 Å². The molecule has 1 aromatic rings. The predicted molar refractivity (Wildman–Crippen MR) is 104 cm³/mol. The lowest BCUT2D eigenvalue weighted by Crippen LogP contribution is -2.41. The van der Waals surface area contributed by atoms with Gasteiger partial charge in [-0.15, -0.1) is 12.4 Å². The molecule has 3 rings (SSSR count). The number of anilines is 1. The zero-order valence-corrected chi connectivity index (χ0v) is 15.9. The summed E-state index contributed by atoms with van der Waals surface area (Å²) in [5, 5.41) is 6.26. The van der Waals surface area contributed by atoms with Gasteiger partial charge in [0.15, 0.2) is 0 Å². The highest BCUT2D eigenvalue weighted by molar-refractivity contribution is 5.90. The Morgan fingerprint density at radius 2 is 1.92 bits per heavy atom. The number of hydrogen-bond acceptors (Lipinski definition) is 4. The van der Waals surface area contributed by atoms with Crippen LogP contribution in [0.1, 0.15) is 24.8 Å². The average molecular weight is 382 g/mol. The first-order valence-corrected chi connectivity index (χ1v) is 9.16. The molecular formula is C19H28ClN3O3. The van der Waals surface area contributed by atoms with Gasteiger partial charge in [0.25, 0.3) is 0 Å². The van der Waals surface area contributed by atoms with Crippen molar-refractivity contribution in [2.45, 2.75) is 25.7 Å². The van der Waals surface area contributed by atoms with Gasteiger partial charge in [-0.25, -0.2) is 0 Å². The summed E-state index contributed by atoms with van der Waals surface area (Å²) in [5.41, 5.74) is 1.75. The summed E-state index contributed by atoms with van der Waals surface area (Å²) in [5.74, 6) is 0.814. The first kappa shape index (κ1) is 20.7. The van der Waals surface area contributed by atoms with Crippen LogP contribution in [0.2, 0.25) is 0 Å². The standard InChI is InChI=1S/C19H27N3O3.ClH/c23-18(6-3-16-7-8-20-14-16)21-17-4-1-15(2-5-17)13-19(24)22-9-11-25-12-10-22;/h1-2,4-5,16,20H,3,6-14H2,(H,21,23);1H. The van der Waals surface area contributed by atoms with Gasteiger partial charge in [-0.2, -0.15) is 0 Å². The van der Waals surface area contributed by atoms with E-state index in [4.69, 9.17) is 4.74 Å². The third-order valence-electron chi connectivity index (χ3n) is 4.90. The lowest BCUT2D eigenvalue weighted by Gasteiger charge is -2.26. The molecule has 0 saturated carbocycles. The van der Waals surface area contributed by atoms with Crippen LogP contribution in [0.5, 0.6) is 0 Å². The molecular weight excluding hydrogens is 354 g/mol. The number of ether oxygens (including phenoxy) is 1. The van der Waals surface area contributed by atoms with Crippen LogP contribution in [0.3, 0.4) is 0 Å². The Labute approximate surface area is 161 Å². The van der Waals surface area contributed by atoms with Crippen LogP contribution < -0.4 is 10.6 Å². The van der Waals surface area contributed by atoms with Crippen LogP contribution in [0.4, 0.5) is 5.69 Å². The summed E-state index contributed by atoms with van der Waals surface area (Å²) in [7, 11) is 0. The monoisotopic (exact) mass is 381 g/mol. The first-order chi connectivity index (χ1) is 12.2. The van der Waals surface area contributed by atoms with Gasteiger partial charge < -0.3 is 20.3 Å². The molecule has 2 N–H and O–H groups in total. The van der Waals surface area contributed by atoms with Crippen LogP contribution in [0.15, 0.2) is 24.3 Å². The van der Waals surface area contributed by atoms with Crippen molar-refractivity contribution < 1.29 is 14.3 Å². The summed E-state index contributed by atoms with van der Waals surface area (Å²) in [6.07, 6.45) is 3.05. The van der Waals surface area contributed by atoms with Crippen LogP contribution in [0, 0.1) is 5.92 Å². The molecule has 0 aliphatic carbocycles. The Balaban J connectivity index is 0.00000243. The van der Waals surface area contributed by atoms with E-state index in [0.29, 0.717) is 45.1 Å². The number of nitrogens with zero attached hydrogens (tertiary/aromatic N) is 1. The van der Waals surface area contributed by atoms with Crippen molar-refractivity contribution in [2.24, 2.45) is 5.92 Å². The molecule has 2 heterocycles. The molecule has 1 atom stereocenters. The maximum absolute atomic E-state index is 12.2. The minimum Gasteiger partial charge on any atom is -0.378 e. The molecule has 2 amide bonds. The Morgan fingerprint density at radius 1 is 1.19 bits per heavy atom. The lowest BCUT2D eigenvalue weighted by molar-refractivity contribution is -0.134. The summed E-state index contributed by atoms with van der Waals surface area (Å²) in [4.78, 5) is 26.1. The second-order valence-electron chi connectivity index (χ2n) is 6.81. The molecule has 2 fully saturated rings. The van der Waals surface area contributed by atoms with Crippen molar-refractivity contribution in [2.75, 3.05) is 44.7 Å². The first-order valence-electron chi connectivity index (χ1n) is 9.16. The topological polar surface area (TPSA) is 70.7 Å². The van der Waals surface area contributed by atoms with Gasteiger partial charge in [0, 0.05) is 25.2 Å². The second kappa shape index (κ2) is 10.5. The van der Waals surface area contributed by atoms with Crippen molar-refractivity contribution >= 4 is 29.9 Å². The smallest absolute Gasteiger partial charge is 0.227 e. The lowest BCUT2D eigenvalue weighted by atomic mass is 10.0. The zero-order valence-electron chi connectivity index (χ0n) is 15.0. The number of carbonyl (C=O) groups is 2. The minimum atomic E-state index is 0. The van der Waals surface area contributed by atoms with Crippen molar-refractivity contribution in [3.05, 3.63) is 29.8 Å². The van der Waals surface area contributed by atoms with Gasteiger partial charge in [-0.3, -0.25) is 9.59 Å². The molecule has 1 aromatic carbocycles. The average Bonchev–Trinajstić information content (AvgIpc) is 3.16. The molecule has 7 heteroatoms. The number of morpholine rings is 1. The van der Waals surface area contributed by atoms with Crippen molar-refractivity contribution in [1.82, 2.24) is 10.2 Å². The van der Waals surface area contributed by atoms with Crippen LogP contribution in [0.25, 0.3) is 0 Å². The molecule has 2 aliphatic rings. The van der Waals surface area contributed by atoms with E-state index in [1.54, 1.807) is 0 Å². The molecule has 0 spiro atoms. The summed E-state index contributed by atoms with van der Waals surface area (Å²) in [6, 6.07) is 7.57. The van der Waals surface area contributed by atoms with Crippen LogP contribution in [-0.2, 0) is 20.7 Å². The van der Waals surface area contributed by atoms with Crippen LogP contribution in [-0.4, -0.2) is 56.1 Å². The fraction of sp³-hybridized carbons (Fsp3) is 0.579. The molecule has 0 radical (unpaired) electrons. The summed E-state index contributed by atoms with van der Waals surface area (Å²) in [6.45, 7) is 4.67. The molecule has 1 unspecified atom stereocenters. The maximum Gasteiger partial charge on any atom is 0.227 e. The number of nitrogens with one attached hydrogen (secondary N) is 2. The Kier molecular flexibility index (Phi) is 8.35. The molecule has 2 aliphatic heterocycles. The van der Waals surface area contributed by atoms with E-state index in [9.17, 15) is 9.59 Å². The summed E-state index contributed by atoms with van der Waals surface area (Å²) >= 11 is 0. The van der Waals surface area contributed by atoms with Gasteiger partial charge in [-0.05, 0) is 49.5 Å². The molecule has 0 bridgehead atoms. The third kappa shape index (κ3) is 6.27. The zero-order chi connectivity index (χ0) is 17.5. The quantitative estimate of drug-likeness (QED) is 0.788. The number of carbonyl (C=O) groups excluding carboxylic acids is 2. The van der Waals surface area contributed by atoms with Gasteiger partial charge in [0.2, 0.25) is 11.8 Å². The van der Waals surface area contributed by atoms with E-state index < -0.39 is 0 Å². The normalized spacial score (nSPS) is 19.7. The van der Waals surface area contributed by atoms with E-state index in [1.165, 1.54) is 6.42 Å². The van der Waals surface area contributed by atoms with Crippen LogP contribution >= 0.6 is 12.4 Å². The highest BCUT2D eigenvalue weighted by atomic mass is 35.5. The highest BCUT2D eigenvalue weighted by Gasteiger charge is 2.17. The third-order valence-corrected chi connectivity index (χ3v) is 4.90. The van der Waals surface area contributed by atoms with E-state index in [1.807, 2.05) is 29.2 Å². The Hall–Kier alpha value is -1.63. The minimum absolute atomic E-state index is 0. The van der Waals surface area contributed by atoms with Crippen molar-refractivity contribution in [3.8, 4) is 0 Å². The van der Waals surface area contributed by atoms with Crippen molar-refractivity contribution in [1.29, 1.82) is 0 Å². The van der Waals surface area contributed by atoms with E-state index in [2.05, 4.69) is 10.6 Å². The Bertz CT molecular complexity index is 582. The predicted octanol–water partition coefficient (Wildman–Crippen LogP) is 1.84. The molecule has 6 nitrogen and oxygen atoms in total. The molecule has 2 saturated heterocycles. The van der Waals surface area contributed by atoms with E-state index >= 15 is 0 Å². The number of rotatable bonds is 6. The highest BCUT2D eigenvalue weighted by Crippen LogP contribution is 2.16. The Morgan fingerprint density at radius 3 is 2.58 bits per heavy atom. The number of amides is 2. The second-order valence-corrected chi connectivity index (χ2v) is 6.81. The van der Waals surface area contributed by atoms with Gasteiger partial charge in [-0.1, -0.05) is 12.1 Å². The number of hydrogen-bond donors (Lipinski definition) is 2. The van der Waals surface area contributed by atoms with E-state index in [-0.39, 0.29) is 24.2 Å². The molecule has 144 valence electrons. The van der Waals surface area contributed by atoms with E-state index in [0.717, 1.165) is 30.8 Å². The number of benzene rings is 1. The van der Waals surface area contributed by atoms with Gasteiger partial charge >= 0.3 is 0 Å². The fourth-order valence-electron chi connectivity index (χ4n) is 3.32. The summed E-state index contributed by atoms with van der Waals surface area (Å²) < 4.78 is 5.27. The van der Waals surface area contributed by atoms with Crippen molar-refractivity contribution in [3.63, 3.8) is 0 Å². The molecule has 26 heavy (non-hydrogen) atoms. The molecule has 0 aromatic heterocycles. The number of halogens is 1.